The van der Waals surface area contributed by atoms with E-state index in [1.807, 2.05) is 0 Å². The molecule has 1 unspecified atom stereocenters. The van der Waals surface area contributed by atoms with E-state index in [4.69, 9.17) is 16.7 Å². The molecule has 2 rings (SSSR count). The van der Waals surface area contributed by atoms with Gasteiger partial charge in [0.25, 0.3) is 0 Å². The number of nitrogens with zero attached hydrogens (tertiary/aromatic N) is 4. The first-order valence-corrected chi connectivity index (χ1v) is 4.20. The predicted octanol–water partition coefficient (Wildman–Crippen LogP) is -0.122. The van der Waals surface area contributed by atoms with Gasteiger partial charge in [0.15, 0.2) is 5.69 Å². The number of aromatic amines is 1. The van der Waals surface area contributed by atoms with Gasteiger partial charge in [0.2, 0.25) is 11.7 Å². The van der Waals surface area contributed by atoms with E-state index in [0.29, 0.717) is 23.8 Å². The highest BCUT2D eigenvalue weighted by Gasteiger charge is 2.15. The van der Waals surface area contributed by atoms with E-state index in [2.05, 4.69) is 31.5 Å². The van der Waals surface area contributed by atoms with Crippen LogP contribution in [0.15, 0.2) is 10.7 Å². The largest absolute Gasteiger partial charge is 0.337 e. The fourth-order valence-corrected chi connectivity index (χ4v) is 1.01. The van der Waals surface area contributed by atoms with E-state index in [9.17, 15) is 0 Å². The number of hydrogen-bond acceptors (Lipinski definition) is 6. The fourth-order valence-electron chi connectivity index (χ4n) is 1.01. The summed E-state index contributed by atoms with van der Waals surface area (Å²) in [6.45, 7) is 0. The van der Waals surface area contributed by atoms with Gasteiger partial charge in [-0.25, -0.2) is 0 Å². The lowest BCUT2D eigenvalue weighted by Crippen LogP contribution is -2.09. The molecule has 0 saturated carbocycles. The van der Waals surface area contributed by atoms with Crippen molar-refractivity contribution in [3.63, 3.8) is 0 Å². The van der Waals surface area contributed by atoms with E-state index in [-0.39, 0.29) is 0 Å². The normalized spacial score (nSPS) is 12.3. The zero-order chi connectivity index (χ0) is 10.7. The number of nitrogens with two attached hydrogens (primary N) is 1. The first kappa shape index (κ1) is 9.36. The average Bonchev–Trinajstić information content (AvgIpc) is 2.89. The Labute approximate surface area is 85.1 Å². The molecule has 2 aromatic rings. The summed E-state index contributed by atoms with van der Waals surface area (Å²) in [5.74, 6) is 3.06. The van der Waals surface area contributed by atoms with Crippen LogP contribution < -0.4 is 5.73 Å². The van der Waals surface area contributed by atoms with Crippen LogP contribution in [0.4, 0.5) is 0 Å². The van der Waals surface area contributed by atoms with Gasteiger partial charge in [0.1, 0.15) is 0 Å². The molecular formula is C8H8N6O. The first-order chi connectivity index (χ1) is 7.31. The highest BCUT2D eigenvalue weighted by Crippen LogP contribution is 2.15. The molecule has 2 heterocycles. The molecule has 0 aliphatic carbocycles. The van der Waals surface area contributed by atoms with Crippen molar-refractivity contribution in [1.82, 2.24) is 25.6 Å². The van der Waals surface area contributed by atoms with E-state index < -0.39 is 6.04 Å². The van der Waals surface area contributed by atoms with Gasteiger partial charge in [0.05, 0.1) is 12.2 Å². The third-order valence-electron chi connectivity index (χ3n) is 1.74. The van der Waals surface area contributed by atoms with Crippen LogP contribution >= 0.6 is 0 Å². The standard InChI is InChI=1S/C8H8N6O/c1-2-3-5(9)8-11-7(13-15-8)6-4-10-14-12-6/h1,4-5H,3,9H2,(H,10,12,14). The summed E-state index contributed by atoms with van der Waals surface area (Å²) in [4.78, 5) is 4.05. The summed E-state index contributed by atoms with van der Waals surface area (Å²) in [6, 6.07) is -0.442. The number of terminal acetylenes is 1. The molecule has 15 heavy (non-hydrogen) atoms. The Morgan fingerprint density at radius 2 is 2.53 bits per heavy atom. The molecule has 2 aromatic heterocycles. The summed E-state index contributed by atoms with van der Waals surface area (Å²) in [5, 5.41) is 13.6. The van der Waals surface area contributed by atoms with Crippen LogP contribution in [-0.2, 0) is 0 Å². The summed E-state index contributed by atoms with van der Waals surface area (Å²) in [5.41, 5.74) is 6.19. The van der Waals surface area contributed by atoms with Crippen molar-refractivity contribution < 1.29 is 4.52 Å². The predicted molar refractivity (Wildman–Crippen MR) is 50.1 cm³/mol. The molecule has 0 aliphatic heterocycles. The maximum Gasteiger partial charge on any atom is 0.244 e. The van der Waals surface area contributed by atoms with Crippen LogP contribution in [0.2, 0.25) is 0 Å². The van der Waals surface area contributed by atoms with Gasteiger partial charge in [-0.3, -0.25) is 0 Å². The summed E-state index contributed by atoms with van der Waals surface area (Å²) >= 11 is 0. The van der Waals surface area contributed by atoms with Gasteiger partial charge in [-0.1, -0.05) is 5.16 Å². The molecule has 0 radical (unpaired) electrons. The van der Waals surface area contributed by atoms with Gasteiger partial charge < -0.3 is 10.3 Å². The topological polar surface area (TPSA) is 107 Å². The van der Waals surface area contributed by atoms with Crippen LogP contribution in [0.1, 0.15) is 18.4 Å². The SMILES string of the molecule is C#CCC(N)c1nc(-c2cn[nH]n2)no1. The second-order valence-corrected chi connectivity index (χ2v) is 2.83. The number of rotatable bonds is 3. The highest BCUT2D eigenvalue weighted by molar-refractivity contribution is 5.44. The van der Waals surface area contributed by atoms with Gasteiger partial charge in [-0.2, -0.15) is 20.4 Å². The Kier molecular flexibility index (Phi) is 2.43. The minimum atomic E-state index is -0.442. The molecule has 0 saturated heterocycles. The maximum absolute atomic E-state index is 5.69. The first-order valence-electron chi connectivity index (χ1n) is 4.20. The number of hydrogen-bond donors (Lipinski definition) is 2. The van der Waals surface area contributed by atoms with Crippen molar-refractivity contribution in [2.45, 2.75) is 12.5 Å². The van der Waals surface area contributed by atoms with Gasteiger partial charge in [-0.05, 0) is 0 Å². The molecule has 7 nitrogen and oxygen atoms in total. The second-order valence-electron chi connectivity index (χ2n) is 2.83. The van der Waals surface area contributed by atoms with Crippen LogP contribution in [0, 0.1) is 12.3 Å². The zero-order valence-corrected chi connectivity index (χ0v) is 7.71. The van der Waals surface area contributed by atoms with Crippen LogP contribution in [0.25, 0.3) is 11.5 Å². The molecule has 0 aliphatic rings. The molecule has 7 heteroatoms. The molecule has 3 N–H and O–H groups in total. The fraction of sp³-hybridized carbons (Fsp3) is 0.250. The van der Waals surface area contributed by atoms with Crippen molar-refractivity contribution in [2.24, 2.45) is 5.73 Å². The van der Waals surface area contributed by atoms with Crippen molar-refractivity contribution in [3.05, 3.63) is 12.1 Å². The van der Waals surface area contributed by atoms with Gasteiger partial charge in [-0.15, -0.1) is 12.3 Å². The molecule has 76 valence electrons. The molecule has 0 fully saturated rings. The van der Waals surface area contributed by atoms with E-state index >= 15 is 0 Å². The van der Waals surface area contributed by atoms with Gasteiger partial charge in [0, 0.05) is 6.42 Å². The van der Waals surface area contributed by atoms with Crippen LogP contribution in [-0.4, -0.2) is 25.6 Å². The van der Waals surface area contributed by atoms with E-state index in [1.54, 1.807) is 0 Å². The Morgan fingerprint density at radius 3 is 3.20 bits per heavy atom. The smallest absolute Gasteiger partial charge is 0.244 e. The summed E-state index contributed by atoms with van der Waals surface area (Å²) in [6.07, 6.45) is 6.96. The monoisotopic (exact) mass is 204 g/mol. The summed E-state index contributed by atoms with van der Waals surface area (Å²) in [7, 11) is 0. The highest BCUT2D eigenvalue weighted by atomic mass is 16.5. The Morgan fingerprint density at radius 1 is 1.67 bits per heavy atom. The minimum Gasteiger partial charge on any atom is -0.337 e. The quantitative estimate of drug-likeness (QED) is 0.675. The molecule has 0 amide bonds. The Balaban J connectivity index is 2.22. The Bertz CT molecular complexity index is 468. The zero-order valence-electron chi connectivity index (χ0n) is 7.71. The number of H-pyrrole nitrogens is 1. The molecule has 1 atom stereocenters. The molecule has 0 spiro atoms. The lowest BCUT2D eigenvalue weighted by Gasteiger charge is -1.98. The molecule has 0 aromatic carbocycles. The minimum absolute atomic E-state index is 0.297. The molecular weight excluding hydrogens is 196 g/mol. The number of nitrogens with one attached hydrogen (secondary N) is 1. The van der Waals surface area contributed by atoms with Crippen LogP contribution in [0.5, 0.6) is 0 Å². The average molecular weight is 204 g/mol. The Hall–Kier alpha value is -2.20. The molecule has 0 bridgehead atoms. The third-order valence-corrected chi connectivity index (χ3v) is 1.74. The van der Waals surface area contributed by atoms with Crippen LogP contribution in [0.3, 0.4) is 0 Å². The number of aromatic nitrogens is 5. The summed E-state index contributed by atoms with van der Waals surface area (Å²) < 4.78 is 4.94. The lowest BCUT2D eigenvalue weighted by atomic mass is 10.2. The van der Waals surface area contributed by atoms with E-state index in [0.717, 1.165) is 0 Å². The maximum atomic E-state index is 5.69. The van der Waals surface area contributed by atoms with Gasteiger partial charge >= 0.3 is 0 Å². The second kappa shape index (κ2) is 3.89. The third kappa shape index (κ3) is 1.84. The van der Waals surface area contributed by atoms with Crippen molar-refractivity contribution >= 4 is 0 Å². The lowest BCUT2D eigenvalue weighted by molar-refractivity contribution is 0.356. The van der Waals surface area contributed by atoms with Crippen molar-refractivity contribution in [3.8, 4) is 23.9 Å². The van der Waals surface area contributed by atoms with E-state index in [1.165, 1.54) is 6.20 Å². The van der Waals surface area contributed by atoms with Crippen molar-refractivity contribution in [1.29, 1.82) is 0 Å². The van der Waals surface area contributed by atoms with Crippen molar-refractivity contribution in [2.75, 3.05) is 0 Å².